The minimum Gasteiger partial charge on any atom is -0.497 e. The van der Waals surface area contributed by atoms with E-state index in [2.05, 4.69) is 5.32 Å². The molecule has 10 heteroatoms. The lowest BCUT2D eigenvalue weighted by atomic mass is 9.93. The topological polar surface area (TPSA) is 105 Å². The molecule has 0 radical (unpaired) electrons. The molecule has 0 aromatic heterocycles. The summed E-state index contributed by atoms with van der Waals surface area (Å²) in [5, 5.41) is 3.02. The second-order valence-corrected chi connectivity index (χ2v) is 10.0. The van der Waals surface area contributed by atoms with Gasteiger partial charge in [0.2, 0.25) is 21.8 Å². The minimum absolute atomic E-state index is 0.0256. The van der Waals surface area contributed by atoms with Gasteiger partial charge in [0.25, 0.3) is 0 Å². The van der Waals surface area contributed by atoms with Gasteiger partial charge < -0.3 is 14.8 Å². The van der Waals surface area contributed by atoms with Crippen LogP contribution in [0.2, 0.25) is 0 Å². The van der Waals surface area contributed by atoms with Crippen molar-refractivity contribution in [3.63, 3.8) is 0 Å². The molecule has 2 amide bonds. The van der Waals surface area contributed by atoms with E-state index in [4.69, 9.17) is 9.47 Å². The van der Waals surface area contributed by atoms with Gasteiger partial charge in [0.1, 0.15) is 17.0 Å². The molecule has 2 fully saturated rings. The summed E-state index contributed by atoms with van der Waals surface area (Å²) in [6, 6.07) is 4.97. The monoisotopic (exact) mass is 439 g/mol. The normalized spacial score (nSPS) is 23.5. The molecule has 9 nitrogen and oxygen atoms in total. The smallest absolute Gasteiger partial charge is 0.247 e. The van der Waals surface area contributed by atoms with Gasteiger partial charge >= 0.3 is 0 Å². The van der Waals surface area contributed by atoms with Crippen LogP contribution >= 0.6 is 0 Å². The molecule has 3 rings (SSSR count). The summed E-state index contributed by atoms with van der Waals surface area (Å²) >= 11 is 0. The lowest BCUT2D eigenvalue weighted by Gasteiger charge is -2.47. The number of nitrogens with one attached hydrogen (secondary N) is 1. The maximum atomic E-state index is 13.4. The van der Waals surface area contributed by atoms with Crippen molar-refractivity contribution in [3.05, 3.63) is 18.2 Å². The SMILES string of the molecule is COc1ccc(N2C(=O)CN(S(C)(=O)=O)C[C@@]2(C)C(=O)NC2CCCC2)c(OC)c1. The van der Waals surface area contributed by atoms with Crippen LogP contribution in [0.4, 0.5) is 5.69 Å². The predicted molar refractivity (Wildman–Crippen MR) is 112 cm³/mol. The molecule has 0 bridgehead atoms. The Kier molecular flexibility index (Phi) is 6.28. The molecule has 0 unspecified atom stereocenters. The Hall–Kier alpha value is -2.33. The third-order valence-corrected chi connectivity index (χ3v) is 7.01. The van der Waals surface area contributed by atoms with E-state index in [0.717, 1.165) is 36.2 Å². The Labute approximate surface area is 177 Å². The molecular weight excluding hydrogens is 410 g/mol. The van der Waals surface area contributed by atoms with Gasteiger partial charge in [-0.2, -0.15) is 4.31 Å². The van der Waals surface area contributed by atoms with Crippen LogP contribution in [0.25, 0.3) is 0 Å². The molecular formula is C20H29N3O6S. The van der Waals surface area contributed by atoms with Gasteiger partial charge in [0, 0.05) is 18.7 Å². The second-order valence-electron chi connectivity index (χ2n) is 8.03. The van der Waals surface area contributed by atoms with Gasteiger partial charge in [-0.1, -0.05) is 12.8 Å². The average molecular weight is 440 g/mol. The number of sulfonamides is 1. The summed E-state index contributed by atoms with van der Waals surface area (Å²) in [5.74, 6) is 0.0125. The summed E-state index contributed by atoms with van der Waals surface area (Å²) in [5.41, 5.74) is -1.05. The Balaban J connectivity index is 2.06. The first kappa shape index (κ1) is 22.4. The number of rotatable bonds is 6. The van der Waals surface area contributed by atoms with Gasteiger partial charge in [-0.3, -0.25) is 14.5 Å². The molecule has 1 atom stereocenters. The fourth-order valence-electron chi connectivity index (χ4n) is 4.16. The van der Waals surface area contributed by atoms with E-state index in [1.165, 1.54) is 19.1 Å². The standard InChI is InChI=1S/C20H29N3O6S/c1-20(19(25)21-14-7-5-6-8-14)13-22(30(4,26)27)12-18(24)23(20)16-10-9-15(28-2)11-17(16)29-3/h9-11,14H,5-8,12-13H2,1-4H3,(H,21,25)/t20-/m0/s1. The first-order valence-corrected chi connectivity index (χ1v) is 11.8. The van der Waals surface area contributed by atoms with Crippen LogP contribution in [0.5, 0.6) is 11.5 Å². The first-order valence-electron chi connectivity index (χ1n) is 9.91. The Bertz CT molecular complexity index is 928. The number of nitrogens with zero attached hydrogens (tertiary/aromatic N) is 2. The number of ether oxygens (including phenoxy) is 2. The van der Waals surface area contributed by atoms with Crippen molar-refractivity contribution < 1.29 is 27.5 Å². The molecule has 1 aliphatic heterocycles. The molecule has 1 aliphatic carbocycles. The molecule has 1 aromatic rings. The van der Waals surface area contributed by atoms with Gasteiger partial charge in [0.15, 0.2) is 0 Å². The molecule has 30 heavy (non-hydrogen) atoms. The predicted octanol–water partition coefficient (Wildman–Crippen LogP) is 1.13. The lowest BCUT2D eigenvalue weighted by molar-refractivity contribution is -0.133. The van der Waals surface area contributed by atoms with Crippen molar-refractivity contribution in [3.8, 4) is 11.5 Å². The number of methoxy groups -OCH3 is 2. The third kappa shape index (κ3) is 4.24. The highest BCUT2D eigenvalue weighted by molar-refractivity contribution is 7.88. The van der Waals surface area contributed by atoms with Gasteiger partial charge in [-0.25, -0.2) is 8.42 Å². The van der Waals surface area contributed by atoms with Crippen LogP contribution in [-0.4, -0.2) is 69.7 Å². The van der Waals surface area contributed by atoms with Crippen molar-refractivity contribution in [1.82, 2.24) is 9.62 Å². The Morgan fingerprint density at radius 3 is 2.43 bits per heavy atom. The highest BCUT2D eigenvalue weighted by Gasteiger charge is 2.51. The molecule has 0 spiro atoms. The van der Waals surface area contributed by atoms with Crippen LogP contribution < -0.4 is 19.7 Å². The average Bonchev–Trinajstić information content (AvgIpc) is 3.19. The van der Waals surface area contributed by atoms with Crippen molar-refractivity contribution >= 4 is 27.5 Å². The zero-order valence-corrected chi connectivity index (χ0v) is 18.6. The zero-order chi connectivity index (χ0) is 22.1. The maximum Gasteiger partial charge on any atom is 0.247 e. The summed E-state index contributed by atoms with van der Waals surface area (Å²) in [6.07, 6.45) is 4.85. The van der Waals surface area contributed by atoms with Gasteiger partial charge in [-0.05, 0) is 31.9 Å². The largest absolute Gasteiger partial charge is 0.497 e. The minimum atomic E-state index is -3.67. The van der Waals surface area contributed by atoms with E-state index in [1.807, 2.05) is 0 Å². The van der Waals surface area contributed by atoms with Crippen molar-refractivity contribution in [2.24, 2.45) is 0 Å². The third-order valence-electron chi connectivity index (χ3n) is 5.82. The molecule has 1 N–H and O–H groups in total. The van der Waals surface area contributed by atoms with Crippen LogP contribution in [-0.2, 0) is 19.6 Å². The fraction of sp³-hybridized carbons (Fsp3) is 0.600. The van der Waals surface area contributed by atoms with Crippen molar-refractivity contribution in [2.45, 2.75) is 44.2 Å². The lowest BCUT2D eigenvalue weighted by Crippen LogP contribution is -2.70. The number of anilines is 1. The quantitative estimate of drug-likeness (QED) is 0.712. The highest BCUT2D eigenvalue weighted by atomic mass is 32.2. The highest BCUT2D eigenvalue weighted by Crippen LogP contribution is 2.39. The summed E-state index contributed by atoms with van der Waals surface area (Å²) < 4.78 is 36.2. The Morgan fingerprint density at radius 1 is 1.20 bits per heavy atom. The van der Waals surface area contributed by atoms with Crippen LogP contribution in [0.3, 0.4) is 0 Å². The number of benzene rings is 1. The van der Waals surface area contributed by atoms with E-state index < -0.39 is 21.5 Å². The molecule has 1 heterocycles. The Morgan fingerprint density at radius 2 is 1.87 bits per heavy atom. The molecule has 2 aliphatic rings. The number of hydrogen-bond donors (Lipinski definition) is 1. The van der Waals surface area contributed by atoms with Crippen molar-refractivity contribution in [2.75, 3.05) is 38.5 Å². The summed E-state index contributed by atoms with van der Waals surface area (Å²) in [4.78, 5) is 28.0. The van der Waals surface area contributed by atoms with Gasteiger partial charge in [-0.15, -0.1) is 0 Å². The number of piperazine rings is 1. The van der Waals surface area contributed by atoms with E-state index in [-0.39, 0.29) is 25.0 Å². The number of carbonyl (C=O) groups is 2. The van der Waals surface area contributed by atoms with Crippen LogP contribution in [0.15, 0.2) is 18.2 Å². The van der Waals surface area contributed by atoms with Crippen molar-refractivity contribution in [1.29, 1.82) is 0 Å². The van der Waals surface area contributed by atoms with E-state index in [0.29, 0.717) is 17.2 Å². The summed E-state index contributed by atoms with van der Waals surface area (Å²) in [7, 11) is -0.687. The first-order chi connectivity index (χ1) is 14.1. The maximum absolute atomic E-state index is 13.4. The van der Waals surface area contributed by atoms with Crippen LogP contribution in [0.1, 0.15) is 32.6 Å². The number of carbonyl (C=O) groups excluding carboxylic acids is 2. The van der Waals surface area contributed by atoms with Gasteiger partial charge in [0.05, 0.1) is 32.7 Å². The number of amides is 2. The van der Waals surface area contributed by atoms with E-state index in [9.17, 15) is 18.0 Å². The van der Waals surface area contributed by atoms with Crippen LogP contribution in [0, 0.1) is 0 Å². The van der Waals surface area contributed by atoms with E-state index >= 15 is 0 Å². The fourth-order valence-corrected chi connectivity index (χ4v) is 4.99. The molecule has 1 saturated carbocycles. The second kappa shape index (κ2) is 8.43. The molecule has 1 aromatic carbocycles. The summed E-state index contributed by atoms with van der Waals surface area (Å²) in [6.45, 7) is 1.10. The number of hydrogen-bond acceptors (Lipinski definition) is 6. The van der Waals surface area contributed by atoms with E-state index in [1.54, 1.807) is 25.1 Å². The zero-order valence-electron chi connectivity index (χ0n) is 17.8. The molecule has 166 valence electrons. The molecule has 1 saturated heterocycles.